The molecule has 0 unspecified atom stereocenters. The average Bonchev–Trinajstić information content (AvgIpc) is 3.18. The minimum Gasteiger partial charge on any atom is -0.487 e. The third-order valence-electron chi connectivity index (χ3n) is 5.03. The Balaban J connectivity index is 1.52. The first kappa shape index (κ1) is 19.1. The van der Waals surface area contributed by atoms with Crippen LogP contribution in [0.2, 0.25) is 10.0 Å². The van der Waals surface area contributed by atoms with Gasteiger partial charge in [-0.05, 0) is 23.6 Å². The number of nitrogens with zero attached hydrogens (tertiary/aromatic N) is 2. The molecule has 0 saturated carbocycles. The number of nitrogens with one attached hydrogen (secondary N) is 2. The summed E-state index contributed by atoms with van der Waals surface area (Å²) in [4.78, 5) is 12.5. The Morgan fingerprint density at radius 3 is 2.57 bits per heavy atom. The molecule has 0 radical (unpaired) electrons. The molecule has 2 aliphatic rings. The molecule has 2 aromatic carbocycles. The maximum Gasteiger partial charge on any atom is 0.172 e. The van der Waals surface area contributed by atoms with Gasteiger partial charge in [0.15, 0.2) is 11.6 Å². The van der Waals surface area contributed by atoms with Crippen molar-refractivity contribution >= 4 is 34.8 Å². The summed E-state index contributed by atoms with van der Waals surface area (Å²) in [6.45, 7) is 4.17. The lowest BCUT2D eigenvalue weighted by Gasteiger charge is -2.14. The lowest BCUT2D eigenvalue weighted by atomic mass is 9.89. The van der Waals surface area contributed by atoms with E-state index in [0.29, 0.717) is 24.3 Å². The van der Waals surface area contributed by atoms with Gasteiger partial charge in [-0.25, -0.2) is 5.53 Å². The Bertz CT molecular complexity index is 987. The van der Waals surface area contributed by atoms with Crippen LogP contribution >= 0.6 is 23.2 Å². The molecule has 28 heavy (non-hydrogen) atoms. The molecule has 1 aliphatic heterocycles. The SMILES string of the molecule is CN1NNN=C1c1ccc(COc2cc3c(c(Cl)c2Cl)C(=O)C(C)(C)C3)cc1. The highest BCUT2D eigenvalue weighted by molar-refractivity contribution is 6.45. The minimum absolute atomic E-state index is 0.0281. The van der Waals surface area contributed by atoms with Gasteiger partial charge in [0.25, 0.3) is 0 Å². The first-order valence-electron chi connectivity index (χ1n) is 8.88. The zero-order valence-corrected chi connectivity index (χ0v) is 17.3. The van der Waals surface area contributed by atoms with Crippen molar-refractivity contribution in [2.45, 2.75) is 26.9 Å². The van der Waals surface area contributed by atoms with E-state index < -0.39 is 5.41 Å². The topological polar surface area (TPSA) is 66.0 Å². The molecule has 1 heterocycles. The van der Waals surface area contributed by atoms with Crippen LogP contribution < -0.4 is 15.8 Å². The van der Waals surface area contributed by atoms with Crippen molar-refractivity contribution in [3.63, 3.8) is 0 Å². The molecule has 0 spiro atoms. The van der Waals surface area contributed by atoms with Crippen LogP contribution in [-0.4, -0.2) is 23.7 Å². The molecule has 0 atom stereocenters. The summed E-state index contributed by atoms with van der Waals surface area (Å²) < 4.78 is 5.93. The molecular weight excluding hydrogens is 399 g/mol. The van der Waals surface area contributed by atoms with Gasteiger partial charge in [-0.15, -0.1) is 10.6 Å². The zero-order valence-electron chi connectivity index (χ0n) is 15.8. The summed E-state index contributed by atoms with van der Waals surface area (Å²) in [5.41, 5.74) is 8.48. The minimum atomic E-state index is -0.469. The number of ether oxygens (including phenoxy) is 1. The molecule has 1 aliphatic carbocycles. The summed E-state index contributed by atoms with van der Waals surface area (Å²) >= 11 is 12.8. The van der Waals surface area contributed by atoms with Gasteiger partial charge in [-0.1, -0.05) is 61.3 Å². The number of hydrazine groups is 2. The van der Waals surface area contributed by atoms with Crippen LogP contribution in [0, 0.1) is 5.41 Å². The van der Waals surface area contributed by atoms with E-state index in [1.54, 1.807) is 5.01 Å². The fourth-order valence-corrected chi connectivity index (χ4v) is 3.99. The van der Waals surface area contributed by atoms with Crippen LogP contribution in [0.1, 0.15) is 40.9 Å². The number of hydrazone groups is 1. The van der Waals surface area contributed by atoms with E-state index >= 15 is 0 Å². The van der Waals surface area contributed by atoms with E-state index in [9.17, 15) is 4.79 Å². The highest BCUT2D eigenvalue weighted by Gasteiger charge is 2.40. The first-order valence-corrected chi connectivity index (χ1v) is 9.63. The summed E-state index contributed by atoms with van der Waals surface area (Å²) in [6, 6.07) is 9.73. The van der Waals surface area contributed by atoms with Crippen molar-refractivity contribution in [1.29, 1.82) is 0 Å². The van der Waals surface area contributed by atoms with Gasteiger partial charge in [-0.3, -0.25) is 9.80 Å². The molecule has 4 rings (SSSR count). The Morgan fingerprint density at radius 2 is 1.93 bits per heavy atom. The number of carbonyl (C=O) groups is 1. The number of halogens is 2. The Hall–Kier alpha value is -2.28. The fourth-order valence-electron chi connectivity index (χ4n) is 3.49. The third-order valence-corrected chi connectivity index (χ3v) is 5.88. The zero-order chi connectivity index (χ0) is 20.1. The molecule has 0 aromatic heterocycles. The van der Waals surface area contributed by atoms with Crippen molar-refractivity contribution in [3.8, 4) is 5.75 Å². The van der Waals surface area contributed by atoms with Crippen molar-refractivity contribution in [2.24, 2.45) is 10.5 Å². The van der Waals surface area contributed by atoms with Crippen LogP contribution in [0.4, 0.5) is 0 Å². The average molecular weight is 419 g/mol. The van der Waals surface area contributed by atoms with Crippen molar-refractivity contribution in [3.05, 3.63) is 62.6 Å². The van der Waals surface area contributed by atoms with Gasteiger partial charge in [0, 0.05) is 23.6 Å². The van der Waals surface area contributed by atoms with Crippen molar-refractivity contribution < 1.29 is 9.53 Å². The number of hydrogen-bond acceptors (Lipinski definition) is 6. The van der Waals surface area contributed by atoms with E-state index in [1.165, 1.54) is 0 Å². The molecule has 8 heteroatoms. The number of amidine groups is 1. The monoisotopic (exact) mass is 418 g/mol. The Labute approximate surface area is 173 Å². The number of hydrogen-bond donors (Lipinski definition) is 2. The number of carbonyl (C=O) groups excluding carboxylic acids is 1. The smallest absolute Gasteiger partial charge is 0.172 e. The van der Waals surface area contributed by atoms with Gasteiger partial charge in [-0.2, -0.15) is 0 Å². The predicted molar refractivity (Wildman–Crippen MR) is 110 cm³/mol. The molecule has 2 N–H and O–H groups in total. The Kier molecular flexibility index (Phi) is 4.73. The summed E-state index contributed by atoms with van der Waals surface area (Å²) in [6.07, 6.45) is 0.626. The maximum atomic E-state index is 12.5. The van der Waals surface area contributed by atoms with Crippen LogP contribution in [0.25, 0.3) is 0 Å². The van der Waals surface area contributed by atoms with E-state index in [0.717, 1.165) is 22.5 Å². The number of rotatable bonds is 4. The molecule has 0 saturated heterocycles. The van der Waals surface area contributed by atoms with Gasteiger partial charge in [0.2, 0.25) is 0 Å². The molecule has 6 nitrogen and oxygen atoms in total. The van der Waals surface area contributed by atoms with Gasteiger partial charge < -0.3 is 4.74 Å². The van der Waals surface area contributed by atoms with Crippen molar-refractivity contribution in [1.82, 2.24) is 16.1 Å². The maximum absolute atomic E-state index is 12.5. The summed E-state index contributed by atoms with van der Waals surface area (Å²) in [7, 11) is 1.88. The highest BCUT2D eigenvalue weighted by atomic mass is 35.5. The first-order chi connectivity index (χ1) is 13.3. The molecule has 0 bridgehead atoms. The summed E-state index contributed by atoms with van der Waals surface area (Å²) in [5.74, 6) is 1.32. The molecule has 2 aromatic rings. The number of benzene rings is 2. The van der Waals surface area contributed by atoms with Crippen molar-refractivity contribution in [2.75, 3.05) is 7.05 Å². The second-order valence-corrected chi connectivity index (χ2v) is 8.39. The van der Waals surface area contributed by atoms with Crippen LogP contribution in [0.5, 0.6) is 5.75 Å². The lowest BCUT2D eigenvalue weighted by molar-refractivity contribution is 0.0863. The van der Waals surface area contributed by atoms with E-state index in [1.807, 2.05) is 51.2 Å². The molecule has 0 fully saturated rings. The number of ketones is 1. The quantitative estimate of drug-likeness (QED) is 0.786. The van der Waals surface area contributed by atoms with Gasteiger partial charge >= 0.3 is 0 Å². The van der Waals surface area contributed by atoms with E-state index in [2.05, 4.69) is 16.2 Å². The number of Topliss-reactive ketones (excluding diaryl/α,β-unsaturated/α-hetero) is 1. The Morgan fingerprint density at radius 1 is 1.21 bits per heavy atom. The third kappa shape index (κ3) is 3.21. The number of fused-ring (bicyclic) bond motifs is 1. The van der Waals surface area contributed by atoms with Gasteiger partial charge in [0.1, 0.15) is 17.4 Å². The predicted octanol–water partition coefficient (Wildman–Crippen LogP) is 3.95. The van der Waals surface area contributed by atoms with Crippen LogP contribution in [0.15, 0.2) is 35.4 Å². The van der Waals surface area contributed by atoms with E-state index in [4.69, 9.17) is 27.9 Å². The van der Waals surface area contributed by atoms with Crippen LogP contribution in [-0.2, 0) is 13.0 Å². The molecule has 146 valence electrons. The van der Waals surface area contributed by atoms with Gasteiger partial charge in [0.05, 0.1) is 5.02 Å². The fraction of sp³-hybridized carbons (Fsp3) is 0.300. The lowest BCUT2D eigenvalue weighted by Crippen LogP contribution is -2.37. The highest BCUT2D eigenvalue weighted by Crippen LogP contribution is 2.46. The second-order valence-electron chi connectivity index (χ2n) is 7.63. The molecular formula is C20H20Cl2N4O2. The summed E-state index contributed by atoms with van der Waals surface area (Å²) in [5, 5.41) is 6.53. The van der Waals surface area contributed by atoms with Crippen LogP contribution in [0.3, 0.4) is 0 Å². The molecule has 0 amide bonds. The second kappa shape index (κ2) is 6.95. The standard InChI is InChI=1S/C20H20Cl2N4O2/c1-20(2)9-13-8-14(16(21)17(22)15(13)18(20)27)28-10-11-4-6-12(7-5-11)19-23-24-25-26(19)3/h4-8,24-25H,9-10H2,1-3H3. The largest absolute Gasteiger partial charge is 0.487 e. The van der Waals surface area contributed by atoms with E-state index in [-0.39, 0.29) is 15.8 Å². The normalized spacial score (nSPS) is 17.4.